The van der Waals surface area contributed by atoms with Gasteiger partial charge in [0.05, 0.1) is 12.1 Å². The van der Waals surface area contributed by atoms with Crippen LogP contribution in [0.1, 0.15) is 182 Å². The molecule has 7 heterocycles. The smallest absolute Gasteiger partial charge is 0.413 e. The highest BCUT2D eigenvalue weighted by molar-refractivity contribution is 5.89. The number of nitrogens with zero attached hydrogens (tertiary/aromatic N) is 5. The van der Waals surface area contributed by atoms with Crippen LogP contribution in [0.25, 0.3) is 0 Å². The van der Waals surface area contributed by atoms with Crippen molar-refractivity contribution in [2.75, 3.05) is 19.6 Å². The SMILES string of the molecule is C=C[C@H]1CCN(C(=O)OC(C)(C)C)C1C(=O)N1[C@H](C(C)(C)C)CC[C@@H]1C=C.C=C[C@H]1CCN(C(=O)OC(C)(C)C)[C@@H]1OC=O.C=C[C@H]1CC[C@@H](C(C)(C)C)N1.CC(C)(C)OC(=O)N1CC[C@@H]2C=CC3CC[C@@H](C(C)(C)C)N3C(=O)C21.O=C=O.O=C=O.O=C=O. The van der Waals surface area contributed by atoms with Gasteiger partial charge in [0.15, 0.2) is 6.23 Å². The number of hydrogen-bond donors (Lipinski definition) is 1. The third-order valence-electron chi connectivity index (χ3n) is 16.2. The molecule has 0 spiro atoms. The first-order valence-corrected chi connectivity index (χ1v) is 30.7. The fourth-order valence-electron chi connectivity index (χ4n) is 12.2. The monoisotopic (exact) mass is 1250 g/mol. The van der Waals surface area contributed by atoms with E-state index in [2.05, 4.69) is 111 Å². The summed E-state index contributed by atoms with van der Waals surface area (Å²) in [6, 6.07) is 0.775. The molecule has 3 unspecified atom stereocenters. The van der Waals surface area contributed by atoms with E-state index in [1.54, 1.807) is 42.7 Å². The molecule has 0 radical (unpaired) electrons. The van der Waals surface area contributed by atoms with E-state index in [1.165, 1.54) is 17.7 Å². The Balaban J connectivity index is 0.000000588. The highest BCUT2D eigenvalue weighted by Crippen LogP contribution is 2.43. The summed E-state index contributed by atoms with van der Waals surface area (Å²) in [4.78, 5) is 132. The minimum Gasteiger partial charge on any atom is -0.444 e. The Labute approximate surface area is 529 Å². The maximum Gasteiger partial charge on any atom is 0.413 e. The van der Waals surface area contributed by atoms with Gasteiger partial charge in [0.2, 0.25) is 11.8 Å². The van der Waals surface area contributed by atoms with Crippen molar-refractivity contribution >= 4 is 55.0 Å². The Bertz CT molecular complexity index is 2500. The molecule has 7 rings (SSSR count). The van der Waals surface area contributed by atoms with E-state index in [0.29, 0.717) is 43.6 Å². The normalized spacial score (nSPS) is 26.8. The molecule has 5 amide bonds. The molecule has 0 aromatic heterocycles. The lowest BCUT2D eigenvalue weighted by Gasteiger charge is -2.40. The van der Waals surface area contributed by atoms with Crippen molar-refractivity contribution in [3.63, 3.8) is 0 Å². The number of likely N-dealkylation sites (tertiary alicyclic amines) is 4. The molecule has 6 fully saturated rings. The molecule has 0 aromatic carbocycles. The number of ether oxygens (including phenoxy) is 4. The van der Waals surface area contributed by atoms with E-state index in [9.17, 15) is 28.8 Å². The number of carbonyl (C=O) groups excluding carboxylic acids is 12. The molecule has 89 heavy (non-hydrogen) atoms. The Hall–Kier alpha value is -6.98. The maximum atomic E-state index is 13.7. The number of hydrogen-bond acceptors (Lipinski definition) is 17. The zero-order chi connectivity index (χ0) is 68.8. The van der Waals surface area contributed by atoms with Gasteiger partial charge < -0.3 is 34.1 Å². The number of nitrogens with one attached hydrogen (secondary N) is 1. The molecule has 7 aliphatic rings. The molecule has 0 bridgehead atoms. The first kappa shape index (κ1) is 80.0. The van der Waals surface area contributed by atoms with Gasteiger partial charge in [-0.05, 0) is 136 Å². The average Bonchev–Trinajstić information content (AvgIpc) is 1.73. The standard InChI is InChI=1S/C22H36N2O3.C20H32N2O3.C12H19NO4.C10H19N.3CO2/c1-9-15-13-14-23(20(26)27-22(6,7)8)18(15)19(25)24-16(10-2)11-12-17(24)21(3,4)5;1-19(2,3)15-10-9-14-8-7-13-11-12-21(16(13)17(23)22(14)15)18(24)25-20(4,5)6;1-5-9-6-7-13(10(9)16-8-14)11(15)17-12(2,3)4;1-5-8-6-7-9(11-8)10(2,3)4;3*2-1-3/h9-10,15-18H,1-2,11-14H2,3-8H3;7-8,13-16H,9-12H2,1-6H3;5,8-10H,1,6-7H2,2-4H3;5,8-9,11H,1,6-7H2,2-4H3;;;/t15-,16-,17-,18?;13-,14?,15-,16?;9-,10+;8-,9-;;;/m0000.../s1. The molecular weight excluding hydrogens is 1140 g/mol. The Morgan fingerprint density at radius 3 is 1.39 bits per heavy atom. The van der Waals surface area contributed by atoms with Crippen LogP contribution in [0, 0.1) is 34.0 Å². The van der Waals surface area contributed by atoms with Gasteiger partial charge in [0.1, 0.15) is 28.9 Å². The van der Waals surface area contributed by atoms with Crippen molar-refractivity contribution in [1.82, 2.24) is 29.8 Å². The second-order valence-corrected chi connectivity index (χ2v) is 29.3. The van der Waals surface area contributed by atoms with Crippen LogP contribution in [-0.4, -0.2) is 171 Å². The Morgan fingerprint density at radius 2 is 0.978 bits per heavy atom. The molecule has 500 valence electrons. The summed E-state index contributed by atoms with van der Waals surface area (Å²) in [6.07, 6.45) is 19.4. The van der Waals surface area contributed by atoms with Gasteiger partial charge in [-0.2, -0.15) is 28.8 Å². The van der Waals surface area contributed by atoms with E-state index in [4.69, 9.17) is 47.7 Å². The third kappa shape index (κ3) is 24.4. The predicted octanol–water partition coefficient (Wildman–Crippen LogP) is 10.5. The van der Waals surface area contributed by atoms with Crippen LogP contribution in [-0.2, 0) is 62.1 Å². The van der Waals surface area contributed by atoms with E-state index >= 15 is 0 Å². The van der Waals surface area contributed by atoms with Crippen molar-refractivity contribution in [1.29, 1.82) is 0 Å². The van der Waals surface area contributed by atoms with Gasteiger partial charge in [0.25, 0.3) is 6.47 Å². The van der Waals surface area contributed by atoms with Gasteiger partial charge in [0, 0.05) is 61.6 Å². The molecule has 0 aromatic rings. The topological polar surface area (TPSA) is 270 Å². The predicted molar refractivity (Wildman–Crippen MR) is 332 cm³/mol. The molecule has 22 nitrogen and oxygen atoms in total. The van der Waals surface area contributed by atoms with E-state index in [0.717, 1.165) is 44.9 Å². The van der Waals surface area contributed by atoms with E-state index in [1.807, 2.05) is 58.6 Å². The van der Waals surface area contributed by atoms with Crippen LogP contribution >= 0.6 is 0 Å². The lowest BCUT2D eigenvalue weighted by atomic mass is 9.84. The zero-order valence-electron chi connectivity index (χ0n) is 56.6. The summed E-state index contributed by atoms with van der Waals surface area (Å²) in [6.45, 7) is 53.7. The van der Waals surface area contributed by atoms with Gasteiger partial charge in [-0.3, -0.25) is 29.1 Å². The van der Waals surface area contributed by atoms with Crippen LogP contribution in [0.5, 0.6) is 0 Å². The van der Waals surface area contributed by atoms with Crippen LogP contribution < -0.4 is 5.32 Å². The molecule has 1 N–H and O–H groups in total. The lowest BCUT2D eigenvalue weighted by Crippen LogP contribution is -2.55. The summed E-state index contributed by atoms with van der Waals surface area (Å²) in [7, 11) is 0. The molecule has 0 aliphatic carbocycles. The maximum absolute atomic E-state index is 13.7. The van der Waals surface area contributed by atoms with Crippen molar-refractivity contribution in [3.8, 4) is 0 Å². The highest BCUT2D eigenvalue weighted by Gasteiger charge is 2.53. The van der Waals surface area contributed by atoms with Crippen LogP contribution in [0.4, 0.5) is 14.4 Å². The first-order chi connectivity index (χ1) is 41.1. The van der Waals surface area contributed by atoms with E-state index in [-0.39, 0.29) is 89.1 Å². The molecular formula is C67H106N6O16. The van der Waals surface area contributed by atoms with Crippen molar-refractivity contribution in [2.24, 2.45) is 34.0 Å². The molecule has 12 atom stereocenters. The minimum atomic E-state index is -0.597. The number of rotatable bonds is 7. The summed E-state index contributed by atoms with van der Waals surface area (Å²) < 4.78 is 21.3. The third-order valence-corrected chi connectivity index (χ3v) is 16.2. The fourth-order valence-corrected chi connectivity index (χ4v) is 12.2. The minimum absolute atomic E-state index is 0.00766. The van der Waals surface area contributed by atoms with Crippen LogP contribution in [0.2, 0.25) is 0 Å². The average molecular weight is 1250 g/mol. The van der Waals surface area contributed by atoms with Crippen molar-refractivity contribution < 1.29 is 76.5 Å². The summed E-state index contributed by atoms with van der Waals surface area (Å²) in [5.74, 6) is 0.0991. The van der Waals surface area contributed by atoms with Crippen molar-refractivity contribution in [2.45, 2.75) is 254 Å². The summed E-state index contributed by atoms with van der Waals surface area (Å²) >= 11 is 0. The molecule has 22 heteroatoms. The van der Waals surface area contributed by atoms with Crippen molar-refractivity contribution in [3.05, 3.63) is 62.8 Å². The zero-order valence-corrected chi connectivity index (χ0v) is 56.6. The highest BCUT2D eigenvalue weighted by atomic mass is 16.6. The van der Waals surface area contributed by atoms with Gasteiger partial charge in [-0.15, -0.1) is 26.3 Å². The van der Waals surface area contributed by atoms with Crippen LogP contribution in [0.3, 0.4) is 0 Å². The molecule has 0 saturated carbocycles. The fraction of sp³-hybridized carbons (Fsp3) is 0.716. The number of amides is 5. The summed E-state index contributed by atoms with van der Waals surface area (Å²) in [5.41, 5.74) is -1.31. The van der Waals surface area contributed by atoms with Gasteiger partial charge in [-0.25, -0.2) is 14.4 Å². The van der Waals surface area contributed by atoms with Gasteiger partial charge in [-0.1, -0.05) is 98.8 Å². The van der Waals surface area contributed by atoms with E-state index < -0.39 is 47.3 Å². The first-order valence-electron chi connectivity index (χ1n) is 30.7. The second-order valence-electron chi connectivity index (χ2n) is 29.3. The Morgan fingerprint density at radius 1 is 0.528 bits per heavy atom. The molecule has 6 saturated heterocycles. The number of carbonyl (C=O) groups is 6. The second kappa shape index (κ2) is 34.8. The summed E-state index contributed by atoms with van der Waals surface area (Å²) in [5, 5.41) is 3.56. The van der Waals surface area contributed by atoms with Crippen LogP contribution in [0.15, 0.2) is 62.8 Å². The quantitative estimate of drug-likeness (QED) is 0.141. The lowest BCUT2D eigenvalue weighted by molar-refractivity contribution is -0.193. The Kier molecular flexibility index (Phi) is 31.3. The number of fused-ring (bicyclic) bond motifs is 2. The molecule has 7 aliphatic heterocycles. The largest absolute Gasteiger partial charge is 0.444 e. The van der Waals surface area contributed by atoms with Gasteiger partial charge >= 0.3 is 36.7 Å².